The molecule has 10 nitrogen and oxygen atoms in total. The lowest BCUT2D eigenvalue weighted by molar-refractivity contribution is 0.0532. The number of halogens is 3. The molecule has 2 N–H and O–H groups in total. The van der Waals surface area contributed by atoms with Gasteiger partial charge in [0, 0.05) is 59.4 Å². The number of nitrogen functional groups attached to an aromatic ring is 1. The van der Waals surface area contributed by atoms with E-state index in [1.807, 2.05) is 6.92 Å². The Morgan fingerprint density at radius 2 is 1.95 bits per heavy atom. The highest BCUT2D eigenvalue weighted by atomic mass is 19.1. The zero-order valence-corrected chi connectivity index (χ0v) is 31.3. The van der Waals surface area contributed by atoms with Crippen molar-refractivity contribution in [3.8, 4) is 29.6 Å². The number of terminal acetylenes is 1. The molecule has 2 bridgehead atoms. The van der Waals surface area contributed by atoms with Gasteiger partial charge in [-0.1, -0.05) is 18.9 Å². The molecule has 1 aliphatic carbocycles. The van der Waals surface area contributed by atoms with Gasteiger partial charge in [-0.05, 0) is 87.4 Å². The average molecular weight is 765 g/mol. The number of benzene rings is 2. The summed E-state index contributed by atoms with van der Waals surface area (Å²) in [4.78, 5) is 31.7. The second-order valence-corrected chi connectivity index (χ2v) is 16.5. The fourth-order valence-electron chi connectivity index (χ4n) is 11.1. The first kappa shape index (κ1) is 35.5. The summed E-state index contributed by atoms with van der Waals surface area (Å²) in [6.45, 7) is 3.80. The monoisotopic (exact) mass is 764 g/mol. The molecule has 6 atom stereocenters. The summed E-state index contributed by atoms with van der Waals surface area (Å²) in [5.41, 5.74) is 7.98. The number of aryl methyl sites for hydroxylation is 2. The van der Waals surface area contributed by atoms with E-state index in [1.54, 1.807) is 18.2 Å². The second kappa shape index (κ2) is 13.3. The number of aromatic nitrogens is 3. The van der Waals surface area contributed by atoms with E-state index in [1.165, 1.54) is 6.07 Å². The number of nitrogens with two attached hydrogens (primary N) is 1. The molecule has 3 aromatic heterocycles. The summed E-state index contributed by atoms with van der Waals surface area (Å²) in [6.07, 6.45) is 12.5. The standard InChI is InChI=1S/C43H43F3N6O4/c1-3-26-30(45)11-9-22-15-24(47)16-29(35(22)26)39-37(46)40-36-31(48-39)8-5-7-27-28(17-25-10-12-32(27)52(25)20-34-33(4-2)55-42(53)56-34)38(36)49-41(50-40)54-21-43-13-6-14-51(43)19-23(44)18-43/h1,9,11,15-16,23,25,27-28,32H,4-8,10,12-14,17-21,47H2,2H3/t23-,25-,27+,28?,32+,43+/m1/s1. The molecule has 10 rings (SSSR count). The molecule has 4 saturated heterocycles. The van der Waals surface area contributed by atoms with Crippen LogP contribution in [0.1, 0.15) is 92.7 Å². The van der Waals surface area contributed by atoms with Crippen LogP contribution in [0.15, 0.2) is 37.9 Å². The predicted octanol–water partition coefficient (Wildman–Crippen LogP) is 7.22. The van der Waals surface area contributed by atoms with E-state index in [9.17, 15) is 9.18 Å². The number of anilines is 1. The number of ether oxygens (including phenoxy) is 1. The van der Waals surface area contributed by atoms with Crippen LogP contribution in [0, 0.1) is 29.9 Å². The largest absolute Gasteiger partial charge is 0.519 e. The molecule has 1 unspecified atom stereocenters. The molecule has 4 fully saturated rings. The van der Waals surface area contributed by atoms with Crippen LogP contribution in [0.2, 0.25) is 0 Å². The SMILES string of the molecule is C#Cc1c(F)ccc2cc(N)cc(-c3nc4c5c(nc(OC[C@@]67CCCN6C[C@H](F)C7)nc5c3F)C3C[C@H]5CC[C@@H]([C@H]3CCC4)N5Cc3oc(=O)oc3CC)c12. The number of alkyl halides is 1. The third-order valence-corrected chi connectivity index (χ3v) is 13.5. The third-order valence-electron chi connectivity index (χ3n) is 13.5. The minimum atomic E-state index is -0.936. The van der Waals surface area contributed by atoms with Gasteiger partial charge in [0.05, 0.1) is 29.0 Å². The Hall–Kier alpha value is -4.93. The first-order valence-electron chi connectivity index (χ1n) is 19.9. The van der Waals surface area contributed by atoms with Crippen molar-refractivity contribution in [3.63, 3.8) is 0 Å². The molecule has 2 aromatic carbocycles. The van der Waals surface area contributed by atoms with Crippen LogP contribution in [-0.4, -0.2) is 68.2 Å². The predicted molar refractivity (Wildman–Crippen MR) is 204 cm³/mol. The molecule has 7 heterocycles. The molecule has 0 radical (unpaired) electrons. The van der Waals surface area contributed by atoms with Crippen molar-refractivity contribution < 1.29 is 26.7 Å². The summed E-state index contributed by atoms with van der Waals surface area (Å²) in [5, 5.41) is 1.50. The van der Waals surface area contributed by atoms with E-state index in [-0.39, 0.29) is 58.9 Å². The van der Waals surface area contributed by atoms with E-state index in [2.05, 4.69) is 15.7 Å². The van der Waals surface area contributed by atoms with Crippen LogP contribution < -0.4 is 16.3 Å². The normalized spacial score (nSPS) is 27.3. The van der Waals surface area contributed by atoms with Crippen molar-refractivity contribution in [1.82, 2.24) is 24.8 Å². The van der Waals surface area contributed by atoms with Crippen LogP contribution in [0.5, 0.6) is 6.01 Å². The van der Waals surface area contributed by atoms with E-state index in [4.69, 9.17) is 40.7 Å². The van der Waals surface area contributed by atoms with E-state index < -0.39 is 29.2 Å². The Kier molecular flexibility index (Phi) is 8.45. The molecule has 4 aliphatic heterocycles. The van der Waals surface area contributed by atoms with E-state index in [0.29, 0.717) is 77.1 Å². The lowest BCUT2D eigenvalue weighted by Gasteiger charge is -2.45. The molecule has 5 aromatic rings. The second-order valence-electron chi connectivity index (χ2n) is 16.5. The summed E-state index contributed by atoms with van der Waals surface area (Å²) < 4.78 is 64.9. The fraction of sp³-hybridized carbons (Fsp3) is 0.488. The Bertz CT molecular complexity index is 2510. The Labute approximate surface area is 321 Å². The number of hydrogen-bond acceptors (Lipinski definition) is 10. The fourth-order valence-corrected chi connectivity index (χ4v) is 11.1. The molecule has 0 saturated carbocycles. The topological polar surface area (TPSA) is 124 Å². The van der Waals surface area contributed by atoms with Gasteiger partial charge in [-0.2, -0.15) is 9.97 Å². The zero-order chi connectivity index (χ0) is 38.5. The third kappa shape index (κ3) is 5.54. The summed E-state index contributed by atoms with van der Waals surface area (Å²) in [7, 11) is 0. The average Bonchev–Trinajstić information content (AvgIpc) is 3.90. The lowest BCUT2D eigenvalue weighted by Crippen LogP contribution is -2.48. The van der Waals surface area contributed by atoms with Gasteiger partial charge in [0.1, 0.15) is 29.8 Å². The van der Waals surface area contributed by atoms with Gasteiger partial charge in [0.2, 0.25) is 0 Å². The number of piperidine rings is 1. The number of nitrogens with zero attached hydrogens (tertiary/aromatic N) is 5. The maximum absolute atomic E-state index is 17.6. The highest BCUT2D eigenvalue weighted by molar-refractivity contribution is 6.03. The smallest absolute Gasteiger partial charge is 0.461 e. The van der Waals surface area contributed by atoms with Crippen molar-refractivity contribution in [1.29, 1.82) is 0 Å². The van der Waals surface area contributed by atoms with Gasteiger partial charge in [-0.15, -0.1) is 6.42 Å². The number of fused-ring (bicyclic) bond motifs is 7. The Morgan fingerprint density at radius 3 is 2.79 bits per heavy atom. The van der Waals surface area contributed by atoms with Crippen LogP contribution in [0.3, 0.4) is 0 Å². The minimum absolute atomic E-state index is 0.00259. The summed E-state index contributed by atoms with van der Waals surface area (Å²) in [5.74, 6) is 1.76. The Morgan fingerprint density at radius 1 is 1.09 bits per heavy atom. The highest BCUT2D eigenvalue weighted by Gasteiger charge is 2.51. The maximum atomic E-state index is 17.6. The molecule has 56 heavy (non-hydrogen) atoms. The number of hydrogen-bond donors (Lipinski definition) is 1. The number of rotatable bonds is 7. The van der Waals surface area contributed by atoms with Gasteiger partial charge in [0.15, 0.2) is 17.3 Å². The van der Waals surface area contributed by atoms with Gasteiger partial charge in [0.25, 0.3) is 0 Å². The van der Waals surface area contributed by atoms with Crippen molar-refractivity contribution in [3.05, 3.63) is 75.0 Å². The van der Waals surface area contributed by atoms with Gasteiger partial charge in [-0.3, -0.25) is 9.80 Å². The molecule has 290 valence electrons. The summed E-state index contributed by atoms with van der Waals surface area (Å²) >= 11 is 0. The van der Waals surface area contributed by atoms with Crippen LogP contribution in [0.25, 0.3) is 32.9 Å². The van der Waals surface area contributed by atoms with Crippen LogP contribution >= 0.6 is 0 Å². The molecular formula is C43H43F3N6O4. The van der Waals surface area contributed by atoms with Crippen molar-refractivity contribution in [2.45, 2.75) is 107 Å². The highest BCUT2D eigenvalue weighted by Crippen LogP contribution is 2.52. The molecule has 0 spiro atoms. The van der Waals surface area contributed by atoms with Crippen LogP contribution in [-0.2, 0) is 19.4 Å². The van der Waals surface area contributed by atoms with Crippen molar-refractivity contribution >= 4 is 27.4 Å². The van der Waals surface area contributed by atoms with Crippen LogP contribution in [0.4, 0.5) is 18.9 Å². The Balaban J connectivity index is 1.13. The molecule has 13 heteroatoms. The van der Waals surface area contributed by atoms with E-state index in [0.717, 1.165) is 51.5 Å². The van der Waals surface area contributed by atoms with Gasteiger partial charge < -0.3 is 19.3 Å². The number of pyridine rings is 1. The first-order valence-corrected chi connectivity index (χ1v) is 19.9. The quantitative estimate of drug-likeness (QED) is 0.134. The van der Waals surface area contributed by atoms with E-state index >= 15 is 8.78 Å². The maximum Gasteiger partial charge on any atom is 0.519 e. The molecular weight excluding hydrogens is 722 g/mol. The molecule has 0 amide bonds. The molecule has 5 aliphatic rings. The lowest BCUT2D eigenvalue weighted by atomic mass is 9.73. The minimum Gasteiger partial charge on any atom is -0.461 e. The zero-order valence-electron chi connectivity index (χ0n) is 31.3. The van der Waals surface area contributed by atoms with Crippen molar-refractivity contribution in [2.24, 2.45) is 5.92 Å². The van der Waals surface area contributed by atoms with Crippen molar-refractivity contribution in [2.75, 3.05) is 25.4 Å². The first-order chi connectivity index (χ1) is 27.1. The summed E-state index contributed by atoms with van der Waals surface area (Å²) in [6, 6.07) is 6.54. The van der Waals surface area contributed by atoms with Gasteiger partial charge in [-0.25, -0.2) is 22.9 Å². The van der Waals surface area contributed by atoms with Gasteiger partial charge >= 0.3 is 11.8 Å².